The number of thioether (sulfide) groups is 1. The van der Waals surface area contributed by atoms with Gasteiger partial charge in [-0.15, -0.1) is 11.8 Å². The Balaban J connectivity index is 0.00000171. The summed E-state index contributed by atoms with van der Waals surface area (Å²) in [6.07, 6.45) is -2.02. The Bertz CT molecular complexity index is 1350. The molecule has 170 valence electrons. The second kappa shape index (κ2) is 9.82. The van der Waals surface area contributed by atoms with Crippen LogP contribution >= 0.6 is 11.8 Å². The van der Waals surface area contributed by atoms with Crippen molar-refractivity contribution in [3.05, 3.63) is 89.6 Å². The molecule has 0 aliphatic heterocycles. The largest absolute Gasteiger partial charge is 1.00 e. The van der Waals surface area contributed by atoms with Crippen molar-refractivity contribution in [3.8, 4) is 11.1 Å². The zero-order valence-corrected chi connectivity index (χ0v) is 21.3. The normalized spacial score (nSPS) is 13.6. The van der Waals surface area contributed by atoms with Gasteiger partial charge in [0.1, 0.15) is 5.69 Å². The second-order valence-electron chi connectivity index (χ2n) is 8.17. The molecule has 0 radical (unpaired) electrons. The first-order valence-electron chi connectivity index (χ1n) is 10.6. The Kier molecular flexibility index (Phi) is 7.20. The molecular weight excluding hydrogens is 470 g/mol. The maximum atomic E-state index is 13.2. The van der Waals surface area contributed by atoms with E-state index in [9.17, 15) is 23.1 Å². The van der Waals surface area contributed by atoms with E-state index in [1.54, 1.807) is 22.8 Å². The number of nitrogens with zero attached hydrogens (tertiary/aromatic N) is 1. The standard InChI is InChI=1S/C26H20F3NO2S.Na.H/c27-26(28,29)18-5-3-4-16(14-18)15-30-22-7-2-1-6-21(22)23(24(30)25(31)32)17-8-10-19(11-9-17)33-20-12-13-20;;/h1-11,14,20H,12-13,15H2,(H,31,32);;/q;+1;-1. The number of fused-ring (bicyclic) bond motifs is 1. The van der Waals surface area contributed by atoms with E-state index in [1.807, 2.05) is 48.2 Å². The predicted octanol–water partition coefficient (Wildman–Crippen LogP) is 4.44. The van der Waals surface area contributed by atoms with Gasteiger partial charge in [0.25, 0.3) is 0 Å². The van der Waals surface area contributed by atoms with E-state index in [0.29, 0.717) is 21.9 Å². The summed E-state index contributed by atoms with van der Waals surface area (Å²) in [6.45, 7) is 0.0156. The third-order valence-corrected chi connectivity index (χ3v) is 7.09. The van der Waals surface area contributed by atoms with Crippen molar-refractivity contribution < 1.29 is 54.1 Å². The Morgan fingerprint density at radius 3 is 2.38 bits per heavy atom. The fourth-order valence-corrected chi connectivity index (χ4v) is 5.14. The molecule has 1 N–H and O–H groups in total. The maximum Gasteiger partial charge on any atom is 1.00 e. The molecule has 0 bridgehead atoms. The number of para-hydroxylation sites is 1. The van der Waals surface area contributed by atoms with Crippen molar-refractivity contribution in [1.82, 2.24) is 4.57 Å². The molecule has 1 aliphatic rings. The number of hydrogen-bond acceptors (Lipinski definition) is 2. The third kappa shape index (κ3) is 5.08. The van der Waals surface area contributed by atoms with Gasteiger partial charge in [-0.1, -0.05) is 42.5 Å². The Labute approximate surface area is 222 Å². The molecule has 0 atom stereocenters. The molecule has 3 aromatic carbocycles. The first-order valence-corrected chi connectivity index (χ1v) is 11.5. The van der Waals surface area contributed by atoms with Crippen molar-refractivity contribution in [3.63, 3.8) is 0 Å². The van der Waals surface area contributed by atoms with Gasteiger partial charge in [-0.25, -0.2) is 4.79 Å². The summed E-state index contributed by atoms with van der Waals surface area (Å²) in [5, 5.41) is 11.6. The van der Waals surface area contributed by atoms with E-state index in [4.69, 9.17) is 0 Å². The van der Waals surface area contributed by atoms with E-state index < -0.39 is 17.7 Å². The minimum atomic E-state index is -4.46. The van der Waals surface area contributed by atoms with Crippen molar-refractivity contribution in [2.75, 3.05) is 0 Å². The molecule has 0 saturated heterocycles. The van der Waals surface area contributed by atoms with Crippen LogP contribution in [0, 0.1) is 0 Å². The van der Waals surface area contributed by atoms with Crippen molar-refractivity contribution in [1.29, 1.82) is 0 Å². The van der Waals surface area contributed by atoms with Crippen molar-refractivity contribution >= 4 is 28.6 Å². The number of carboxylic acid groups (broad SMARTS) is 1. The Morgan fingerprint density at radius 2 is 1.74 bits per heavy atom. The number of carbonyl (C=O) groups is 1. The van der Waals surface area contributed by atoms with Gasteiger partial charge in [0.15, 0.2) is 0 Å². The van der Waals surface area contributed by atoms with Crippen LogP contribution in [0.1, 0.15) is 35.9 Å². The molecule has 1 fully saturated rings. The molecule has 0 unspecified atom stereocenters. The summed E-state index contributed by atoms with van der Waals surface area (Å²) in [6, 6.07) is 20.2. The maximum absolute atomic E-state index is 13.2. The number of carboxylic acids is 1. The molecule has 1 heterocycles. The van der Waals surface area contributed by atoms with E-state index >= 15 is 0 Å². The van der Waals surface area contributed by atoms with Crippen LogP contribution in [0.4, 0.5) is 13.2 Å². The van der Waals surface area contributed by atoms with Crippen LogP contribution in [0.2, 0.25) is 0 Å². The predicted molar refractivity (Wildman–Crippen MR) is 125 cm³/mol. The number of aromatic nitrogens is 1. The van der Waals surface area contributed by atoms with Crippen molar-refractivity contribution in [2.24, 2.45) is 0 Å². The zero-order valence-electron chi connectivity index (χ0n) is 19.5. The summed E-state index contributed by atoms with van der Waals surface area (Å²) in [7, 11) is 0. The van der Waals surface area contributed by atoms with E-state index in [-0.39, 0.29) is 43.2 Å². The van der Waals surface area contributed by atoms with E-state index in [2.05, 4.69) is 0 Å². The number of alkyl halides is 3. The van der Waals surface area contributed by atoms with E-state index in [1.165, 1.54) is 18.9 Å². The molecule has 0 spiro atoms. The molecule has 3 nitrogen and oxygen atoms in total. The summed E-state index contributed by atoms with van der Waals surface area (Å²) >= 11 is 1.82. The SMILES string of the molecule is O=C(O)c1c(-c2ccc(SC3CC3)cc2)c2ccccc2n1Cc1cccc(C(F)(F)F)c1.[H-].[Na+]. The van der Waals surface area contributed by atoms with Crippen molar-refractivity contribution in [2.45, 2.75) is 35.7 Å². The Hall–Kier alpha value is -2.19. The first kappa shape index (κ1) is 24.9. The molecule has 8 heteroatoms. The van der Waals surface area contributed by atoms with Gasteiger partial charge in [0, 0.05) is 33.2 Å². The molecule has 4 aromatic rings. The first-order chi connectivity index (χ1) is 15.8. The minimum Gasteiger partial charge on any atom is -1.00 e. The number of hydrogen-bond donors (Lipinski definition) is 1. The van der Waals surface area contributed by atoms with Crippen LogP contribution < -0.4 is 29.6 Å². The summed E-state index contributed by atoms with van der Waals surface area (Å²) in [4.78, 5) is 13.6. The fourth-order valence-electron chi connectivity index (χ4n) is 4.09. The van der Waals surface area contributed by atoms with Crippen LogP contribution in [0.15, 0.2) is 77.7 Å². The molecule has 34 heavy (non-hydrogen) atoms. The summed E-state index contributed by atoms with van der Waals surface area (Å²) < 4.78 is 41.2. The average Bonchev–Trinajstić information content (AvgIpc) is 3.54. The monoisotopic (exact) mass is 491 g/mol. The number of aromatic carboxylic acids is 1. The van der Waals surface area contributed by atoms with Gasteiger partial charge >= 0.3 is 41.7 Å². The average molecular weight is 492 g/mol. The minimum absolute atomic E-state index is 0. The molecule has 5 rings (SSSR count). The van der Waals surface area contributed by atoms with Gasteiger partial charge in [-0.05, 0) is 54.3 Å². The molecule has 1 saturated carbocycles. The topological polar surface area (TPSA) is 42.2 Å². The number of rotatable bonds is 6. The van der Waals surface area contributed by atoms with Crippen LogP contribution in [0.25, 0.3) is 22.0 Å². The van der Waals surface area contributed by atoms with Gasteiger partial charge in [-0.3, -0.25) is 0 Å². The number of halogens is 3. The molecule has 0 amide bonds. The quantitative estimate of drug-likeness (QED) is 0.406. The van der Waals surface area contributed by atoms with Crippen LogP contribution in [0.5, 0.6) is 0 Å². The van der Waals surface area contributed by atoms with Gasteiger partial charge in [-0.2, -0.15) is 13.2 Å². The van der Waals surface area contributed by atoms with Crippen LogP contribution in [-0.2, 0) is 12.7 Å². The molecular formula is C26H21F3NNaO2S. The van der Waals surface area contributed by atoms with Crippen LogP contribution in [0.3, 0.4) is 0 Å². The van der Waals surface area contributed by atoms with Gasteiger partial charge in [0.2, 0.25) is 0 Å². The molecule has 1 aliphatic carbocycles. The van der Waals surface area contributed by atoms with E-state index in [0.717, 1.165) is 28.0 Å². The zero-order chi connectivity index (χ0) is 23.2. The van der Waals surface area contributed by atoms with Gasteiger partial charge < -0.3 is 11.1 Å². The second-order valence-corrected chi connectivity index (χ2v) is 9.55. The Morgan fingerprint density at radius 1 is 1.03 bits per heavy atom. The third-order valence-electron chi connectivity index (χ3n) is 5.74. The summed E-state index contributed by atoms with van der Waals surface area (Å²) in [5.41, 5.74) is 1.71. The molecule has 1 aromatic heterocycles. The van der Waals surface area contributed by atoms with Crippen LogP contribution in [-0.4, -0.2) is 20.9 Å². The van der Waals surface area contributed by atoms with Gasteiger partial charge in [0.05, 0.1) is 5.56 Å². The smallest absolute Gasteiger partial charge is 1.00 e. The fraction of sp³-hybridized carbons (Fsp3) is 0.192. The summed E-state index contributed by atoms with van der Waals surface area (Å²) in [5.74, 6) is -1.12. The number of benzene rings is 3.